The molecule has 0 aliphatic rings. The molecule has 0 fully saturated rings. The highest BCUT2D eigenvalue weighted by molar-refractivity contribution is 5.83. The number of fused-ring (bicyclic) bond motifs is 2. The summed E-state index contributed by atoms with van der Waals surface area (Å²) in [5.74, 6) is 0.770. The Kier molecular flexibility index (Phi) is 4.13. The Hall–Kier alpha value is -3.87. The summed E-state index contributed by atoms with van der Waals surface area (Å²) in [6.07, 6.45) is 1.55. The minimum Gasteiger partial charge on any atom is -0.368 e. The van der Waals surface area contributed by atoms with Crippen LogP contribution in [0, 0.1) is 6.92 Å². The van der Waals surface area contributed by atoms with Crippen molar-refractivity contribution in [1.29, 1.82) is 0 Å². The molecule has 0 spiro atoms. The number of aryl methyl sites for hydroxylation is 1. The van der Waals surface area contributed by atoms with Crippen LogP contribution in [-0.2, 0) is 6.54 Å². The molecule has 5 rings (SSSR count). The lowest BCUT2D eigenvalue weighted by Crippen LogP contribution is -2.12. The van der Waals surface area contributed by atoms with Crippen molar-refractivity contribution < 1.29 is 0 Å². The van der Waals surface area contributed by atoms with Gasteiger partial charge in [0, 0.05) is 35.9 Å². The van der Waals surface area contributed by atoms with E-state index in [0.29, 0.717) is 5.39 Å². The molecule has 3 heterocycles. The van der Waals surface area contributed by atoms with Crippen LogP contribution in [0.2, 0.25) is 0 Å². The number of H-pyrrole nitrogens is 2. The molecular weight excluding hydrogens is 364 g/mol. The fraction of sp³-hybridized carbons (Fsp3) is 0.136. The lowest BCUT2D eigenvalue weighted by Gasteiger charge is -2.11. The molecule has 0 saturated carbocycles. The number of aromatic nitrogens is 5. The quantitative estimate of drug-likeness (QED) is 0.431. The van der Waals surface area contributed by atoms with Gasteiger partial charge < -0.3 is 9.88 Å². The van der Waals surface area contributed by atoms with Crippen LogP contribution in [0.5, 0.6) is 0 Å². The number of hydrogen-bond donors (Lipinski definition) is 3. The second-order valence-corrected chi connectivity index (χ2v) is 7.05. The smallest absolute Gasteiger partial charge is 0.271 e. The molecule has 0 aliphatic carbocycles. The molecule has 0 amide bonds. The fourth-order valence-corrected chi connectivity index (χ4v) is 3.75. The molecule has 144 valence electrons. The van der Waals surface area contributed by atoms with Gasteiger partial charge in [-0.25, -0.2) is 9.97 Å². The van der Waals surface area contributed by atoms with Crippen molar-refractivity contribution in [2.24, 2.45) is 0 Å². The predicted molar refractivity (Wildman–Crippen MR) is 115 cm³/mol. The van der Waals surface area contributed by atoms with E-state index in [1.165, 1.54) is 16.6 Å². The van der Waals surface area contributed by atoms with Crippen LogP contribution < -0.4 is 10.9 Å². The van der Waals surface area contributed by atoms with E-state index in [2.05, 4.69) is 67.3 Å². The third-order valence-corrected chi connectivity index (χ3v) is 5.20. The third kappa shape index (κ3) is 3.16. The van der Waals surface area contributed by atoms with Gasteiger partial charge in [-0.1, -0.05) is 24.3 Å². The first-order valence-corrected chi connectivity index (χ1v) is 9.50. The zero-order valence-electron chi connectivity index (χ0n) is 15.9. The number of nitrogens with one attached hydrogen (secondary N) is 3. The summed E-state index contributed by atoms with van der Waals surface area (Å²) in [5.41, 5.74) is 4.84. The standard InChI is InChI=1S/C22H20N6O/c1-14-10-16-4-2-3-5-20(16)28(14)9-8-23-21-12-18(24-13-25-21)15-6-7-17-19(11-15)26-27-22(17)29/h2-7,10-13H,8-9H2,1H3,(H,23,24,25)(H2,26,27,29). The SMILES string of the molecule is Cc1cc2ccccc2n1CCNc1cc(-c2ccc3c(=O)[nH][nH]c3c2)ncn1. The Labute approximate surface area is 166 Å². The fourth-order valence-electron chi connectivity index (χ4n) is 3.75. The number of hydrogen-bond acceptors (Lipinski definition) is 4. The molecule has 0 saturated heterocycles. The molecule has 3 N–H and O–H groups in total. The topological polar surface area (TPSA) is 91.4 Å². The van der Waals surface area contributed by atoms with E-state index in [1.807, 2.05) is 18.2 Å². The van der Waals surface area contributed by atoms with Crippen molar-refractivity contribution in [2.75, 3.05) is 11.9 Å². The molecule has 7 heteroatoms. The zero-order valence-corrected chi connectivity index (χ0v) is 15.9. The van der Waals surface area contributed by atoms with Crippen molar-refractivity contribution in [2.45, 2.75) is 13.5 Å². The minimum absolute atomic E-state index is 0.121. The minimum atomic E-state index is -0.121. The average molecular weight is 384 g/mol. The third-order valence-electron chi connectivity index (χ3n) is 5.20. The first-order chi connectivity index (χ1) is 14.2. The summed E-state index contributed by atoms with van der Waals surface area (Å²) in [6, 6.07) is 18.1. The van der Waals surface area contributed by atoms with Gasteiger partial charge in [0.2, 0.25) is 0 Å². The van der Waals surface area contributed by atoms with Gasteiger partial charge in [-0.2, -0.15) is 0 Å². The van der Waals surface area contributed by atoms with E-state index >= 15 is 0 Å². The first kappa shape index (κ1) is 17.2. The van der Waals surface area contributed by atoms with Crippen molar-refractivity contribution in [3.8, 4) is 11.3 Å². The number of nitrogens with zero attached hydrogens (tertiary/aromatic N) is 3. The molecule has 2 aromatic carbocycles. The summed E-state index contributed by atoms with van der Waals surface area (Å²) < 4.78 is 2.31. The summed E-state index contributed by atoms with van der Waals surface area (Å²) in [6.45, 7) is 3.72. The number of anilines is 1. The highest BCUT2D eigenvalue weighted by atomic mass is 16.1. The molecule has 0 bridgehead atoms. The van der Waals surface area contributed by atoms with Crippen molar-refractivity contribution in [3.63, 3.8) is 0 Å². The van der Waals surface area contributed by atoms with E-state index in [9.17, 15) is 4.79 Å². The second-order valence-electron chi connectivity index (χ2n) is 7.05. The van der Waals surface area contributed by atoms with Crippen LogP contribution in [-0.4, -0.2) is 31.3 Å². The van der Waals surface area contributed by atoms with E-state index in [4.69, 9.17) is 0 Å². The van der Waals surface area contributed by atoms with E-state index in [1.54, 1.807) is 12.4 Å². The molecule has 5 aromatic rings. The van der Waals surface area contributed by atoms with Crippen molar-refractivity contribution in [1.82, 2.24) is 24.7 Å². The molecule has 3 aromatic heterocycles. The van der Waals surface area contributed by atoms with Crippen LogP contribution in [0.3, 0.4) is 0 Å². The summed E-state index contributed by atoms with van der Waals surface area (Å²) in [4.78, 5) is 20.4. The van der Waals surface area contributed by atoms with E-state index in [-0.39, 0.29) is 5.56 Å². The molecular formula is C22H20N6O. The maximum atomic E-state index is 11.7. The van der Waals surface area contributed by atoms with Crippen LogP contribution >= 0.6 is 0 Å². The number of rotatable bonds is 5. The lowest BCUT2D eigenvalue weighted by atomic mass is 10.1. The number of benzene rings is 2. The molecule has 0 unspecified atom stereocenters. The van der Waals surface area contributed by atoms with Crippen LogP contribution in [0.1, 0.15) is 5.69 Å². The monoisotopic (exact) mass is 384 g/mol. The molecule has 7 nitrogen and oxygen atoms in total. The van der Waals surface area contributed by atoms with Gasteiger partial charge in [0.15, 0.2) is 0 Å². The summed E-state index contributed by atoms with van der Waals surface area (Å²) in [7, 11) is 0. The van der Waals surface area contributed by atoms with E-state index < -0.39 is 0 Å². The van der Waals surface area contributed by atoms with Gasteiger partial charge in [0.25, 0.3) is 5.56 Å². The highest BCUT2D eigenvalue weighted by Crippen LogP contribution is 2.22. The van der Waals surface area contributed by atoms with Gasteiger partial charge in [-0.05, 0) is 36.6 Å². The Balaban J connectivity index is 1.34. The highest BCUT2D eigenvalue weighted by Gasteiger charge is 2.07. The van der Waals surface area contributed by atoms with Crippen LogP contribution in [0.4, 0.5) is 5.82 Å². The van der Waals surface area contributed by atoms with Gasteiger partial charge >= 0.3 is 0 Å². The Bertz CT molecular complexity index is 1380. The Morgan fingerprint density at radius 3 is 2.86 bits per heavy atom. The normalized spacial score (nSPS) is 11.3. The van der Waals surface area contributed by atoms with Gasteiger partial charge in [0.05, 0.1) is 16.6 Å². The predicted octanol–water partition coefficient (Wildman–Crippen LogP) is 3.69. The molecule has 29 heavy (non-hydrogen) atoms. The Morgan fingerprint density at radius 1 is 1.03 bits per heavy atom. The number of para-hydroxylation sites is 1. The van der Waals surface area contributed by atoms with Gasteiger partial charge in [-0.15, -0.1) is 0 Å². The Morgan fingerprint density at radius 2 is 1.93 bits per heavy atom. The van der Waals surface area contributed by atoms with Crippen LogP contribution in [0.25, 0.3) is 33.1 Å². The van der Waals surface area contributed by atoms with Crippen molar-refractivity contribution in [3.05, 3.63) is 77.0 Å². The van der Waals surface area contributed by atoms with Crippen LogP contribution in [0.15, 0.2) is 65.7 Å². The number of aromatic amines is 2. The molecule has 0 radical (unpaired) electrons. The van der Waals surface area contributed by atoms with Gasteiger partial charge in [-0.3, -0.25) is 15.0 Å². The average Bonchev–Trinajstić information content (AvgIpc) is 3.27. The van der Waals surface area contributed by atoms with Gasteiger partial charge in [0.1, 0.15) is 12.1 Å². The molecule has 0 atom stereocenters. The maximum absolute atomic E-state index is 11.7. The lowest BCUT2D eigenvalue weighted by molar-refractivity contribution is 0.733. The summed E-state index contributed by atoms with van der Waals surface area (Å²) in [5, 5.41) is 10.8. The second kappa shape index (κ2) is 6.94. The van der Waals surface area contributed by atoms with E-state index in [0.717, 1.165) is 35.7 Å². The zero-order chi connectivity index (χ0) is 19.8. The largest absolute Gasteiger partial charge is 0.368 e. The van der Waals surface area contributed by atoms with Crippen molar-refractivity contribution >= 4 is 27.6 Å². The summed E-state index contributed by atoms with van der Waals surface area (Å²) >= 11 is 0. The first-order valence-electron chi connectivity index (χ1n) is 9.50. The maximum Gasteiger partial charge on any atom is 0.271 e. The molecule has 0 aliphatic heterocycles.